The van der Waals surface area contributed by atoms with Crippen LogP contribution in [0.25, 0.3) is 0 Å². The van der Waals surface area contributed by atoms with Gasteiger partial charge in [0.1, 0.15) is 5.41 Å². The molecular formula is C17H23N3O. The molecule has 1 fully saturated rings. The molecule has 1 saturated carbocycles. The Labute approximate surface area is 126 Å². The number of amides is 1. The maximum atomic E-state index is 12.8. The molecular weight excluding hydrogens is 262 g/mol. The van der Waals surface area contributed by atoms with Crippen LogP contribution in [0.2, 0.25) is 0 Å². The zero-order valence-electron chi connectivity index (χ0n) is 12.9. The average molecular weight is 285 g/mol. The van der Waals surface area contributed by atoms with Crippen molar-refractivity contribution in [1.29, 1.82) is 5.26 Å². The number of pyridine rings is 1. The van der Waals surface area contributed by atoms with E-state index in [0.717, 1.165) is 30.7 Å². The number of nitrogens with zero attached hydrogens (tertiary/aromatic N) is 3. The molecule has 0 radical (unpaired) electrons. The van der Waals surface area contributed by atoms with Crippen LogP contribution in [0.5, 0.6) is 0 Å². The van der Waals surface area contributed by atoms with Gasteiger partial charge in [0.05, 0.1) is 18.3 Å². The van der Waals surface area contributed by atoms with E-state index in [1.165, 1.54) is 0 Å². The third-order valence-corrected chi connectivity index (χ3v) is 4.30. The van der Waals surface area contributed by atoms with Gasteiger partial charge in [-0.05, 0) is 38.8 Å². The second-order valence-corrected chi connectivity index (χ2v) is 5.84. The Morgan fingerprint density at radius 2 is 2.10 bits per heavy atom. The van der Waals surface area contributed by atoms with Gasteiger partial charge in [-0.3, -0.25) is 9.78 Å². The number of hydrogen-bond donors (Lipinski definition) is 0. The smallest absolute Gasteiger partial charge is 0.243 e. The molecule has 0 atom stereocenters. The van der Waals surface area contributed by atoms with Crippen LogP contribution in [0.15, 0.2) is 18.2 Å². The van der Waals surface area contributed by atoms with Gasteiger partial charge in [-0.15, -0.1) is 0 Å². The van der Waals surface area contributed by atoms with Gasteiger partial charge >= 0.3 is 0 Å². The van der Waals surface area contributed by atoms with E-state index in [0.29, 0.717) is 25.9 Å². The van der Waals surface area contributed by atoms with Crippen molar-refractivity contribution in [3.8, 4) is 6.07 Å². The SMILES string of the molecule is CCN(Cc1cccc(C)n1)C(=O)C1(C#N)CCCCC1. The molecule has 1 heterocycles. The van der Waals surface area contributed by atoms with Gasteiger partial charge in [0.25, 0.3) is 0 Å². The van der Waals surface area contributed by atoms with Gasteiger partial charge in [0.15, 0.2) is 0 Å². The van der Waals surface area contributed by atoms with Crippen LogP contribution in [0.3, 0.4) is 0 Å². The van der Waals surface area contributed by atoms with E-state index in [9.17, 15) is 10.1 Å². The van der Waals surface area contributed by atoms with Crippen LogP contribution in [0.1, 0.15) is 50.4 Å². The van der Waals surface area contributed by atoms with Crippen molar-refractivity contribution >= 4 is 5.91 Å². The molecule has 1 aliphatic rings. The van der Waals surface area contributed by atoms with Gasteiger partial charge in [0, 0.05) is 12.2 Å². The van der Waals surface area contributed by atoms with Crippen molar-refractivity contribution in [1.82, 2.24) is 9.88 Å². The number of carbonyl (C=O) groups is 1. The topological polar surface area (TPSA) is 57.0 Å². The van der Waals surface area contributed by atoms with E-state index in [1.807, 2.05) is 32.0 Å². The Hall–Kier alpha value is -1.89. The molecule has 0 aromatic carbocycles. The van der Waals surface area contributed by atoms with Gasteiger partial charge in [-0.2, -0.15) is 5.26 Å². The van der Waals surface area contributed by atoms with E-state index < -0.39 is 5.41 Å². The summed E-state index contributed by atoms with van der Waals surface area (Å²) < 4.78 is 0. The first-order valence-electron chi connectivity index (χ1n) is 7.74. The standard InChI is InChI=1S/C17H23N3O/c1-3-20(12-15-9-7-8-14(2)19-15)16(21)17(13-18)10-5-4-6-11-17/h7-9H,3-6,10-12H2,1-2H3. The van der Waals surface area contributed by atoms with Gasteiger partial charge in [0.2, 0.25) is 5.91 Å². The third-order valence-electron chi connectivity index (χ3n) is 4.30. The first-order valence-corrected chi connectivity index (χ1v) is 7.74. The summed E-state index contributed by atoms with van der Waals surface area (Å²) >= 11 is 0. The molecule has 1 aliphatic carbocycles. The van der Waals surface area contributed by atoms with E-state index in [4.69, 9.17) is 0 Å². The monoisotopic (exact) mass is 285 g/mol. The highest BCUT2D eigenvalue weighted by Gasteiger charge is 2.42. The summed E-state index contributed by atoms with van der Waals surface area (Å²) in [5.41, 5.74) is 1.02. The molecule has 1 aromatic rings. The molecule has 1 amide bonds. The first kappa shape index (κ1) is 15.5. The van der Waals surface area contributed by atoms with Crippen LogP contribution in [-0.2, 0) is 11.3 Å². The lowest BCUT2D eigenvalue weighted by Gasteiger charge is -2.34. The lowest BCUT2D eigenvalue weighted by molar-refractivity contribution is -0.141. The normalized spacial score (nSPS) is 17.0. The lowest BCUT2D eigenvalue weighted by Crippen LogP contribution is -2.44. The predicted octanol–water partition coefficient (Wildman–Crippen LogP) is 3.21. The first-order chi connectivity index (χ1) is 10.1. The molecule has 0 bridgehead atoms. The summed E-state index contributed by atoms with van der Waals surface area (Å²) in [5, 5.41) is 9.55. The van der Waals surface area contributed by atoms with Crippen LogP contribution >= 0.6 is 0 Å². The summed E-state index contributed by atoms with van der Waals surface area (Å²) in [5.74, 6) is -0.0180. The molecule has 0 unspecified atom stereocenters. The number of hydrogen-bond acceptors (Lipinski definition) is 3. The highest BCUT2D eigenvalue weighted by atomic mass is 16.2. The number of rotatable bonds is 4. The summed E-state index contributed by atoms with van der Waals surface area (Å²) in [6, 6.07) is 8.15. The Morgan fingerprint density at radius 1 is 1.38 bits per heavy atom. The Balaban J connectivity index is 2.16. The third kappa shape index (κ3) is 3.41. The lowest BCUT2D eigenvalue weighted by atomic mass is 9.74. The molecule has 4 heteroatoms. The zero-order chi connectivity index (χ0) is 15.3. The van der Waals surface area contributed by atoms with Gasteiger partial charge < -0.3 is 4.90 Å². The highest BCUT2D eigenvalue weighted by molar-refractivity contribution is 5.85. The largest absolute Gasteiger partial charge is 0.336 e. The van der Waals surface area contributed by atoms with Crippen LogP contribution in [-0.4, -0.2) is 22.3 Å². The molecule has 0 aliphatic heterocycles. The number of nitriles is 1. The molecule has 1 aromatic heterocycles. The molecule has 0 N–H and O–H groups in total. The molecule has 4 nitrogen and oxygen atoms in total. The van der Waals surface area contributed by atoms with E-state index in [-0.39, 0.29) is 5.91 Å². The maximum absolute atomic E-state index is 12.8. The minimum absolute atomic E-state index is 0.0180. The zero-order valence-corrected chi connectivity index (χ0v) is 12.9. The Bertz CT molecular complexity index is 541. The van der Waals surface area contributed by atoms with Crippen molar-refractivity contribution in [2.75, 3.05) is 6.54 Å². The second kappa shape index (κ2) is 6.71. The fourth-order valence-corrected chi connectivity index (χ4v) is 3.04. The van der Waals surface area contributed by atoms with Crippen molar-refractivity contribution in [2.24, 2.45) is 5.41 Å². The Kier molecular flexibility index (Phi) is 4.95. The van der Waals surface area contributed by atoms with E-state index in [2.05, 4.69) is 11.1 Å². The fraction of sp³-hybridized carbons (Fsp3) is 0.588. The van der Waals surface area contributed by atoms with Crippen molar-refractivity contribution in [3.63, 3.8) is 0 Å². The minimum Gasteiger partial charge on any atom is -0.336 e. The Morgan fingerprint density at radius 3 is 2.67 bits per heavy atom. The highest BCUT2D eigenvalue weighted by Crippen LogP contribution is 2.37. The van der Waals surface area contributed by atoms with Gasteiger partial charge in [-0.25, -0.2) is 0 Å². The predicted molar refractivity (Wildman–Crippen MR) is 81.2 cm³/mol. The van der Waals surface area contributed by atoms with E-state index >= 15 is 0 Å². The summed E-state index contributed by atoms with van der Waals surface area (Å²) in [7, 11) is 0. The summed E-state index contributed by atoms with van der Waals surface area (Å²) in [4.78, 5) is 19.1. The fourth-order valence-electron chi connectivity index (χ4n) is 3.04. The maximum Gasteiger partial charge on any atom is 0.243 e. The second-order valence-electron chi connectivity index (χ2n) is 5.84. The molecule has 2 rings (SSSR count). The minimum atomic E-state index is -0.807. The van der Waals surface area contributed by atoms with Crippen LogP contribution in [0.4, 0.5) is 0 Å². The van der Waals surface area contributed by atoms with Crippen molar-refractivity contribution in [3.05, 3.63) is 29.6 Å². The number of aryl methyl sites for hydroxylation is 1. The summed E-state index contributed by atoms with van der Waals surface area (Å²) in [6.45, 7) is 5.00. The molecule has 112 valence electrons. The number of carbonyl (C=O) groups excluding carboxylic acids is 1. The average Bonchev–Trinajstić information content (AvgIpc) is 2.52. The van der Waals surface area contributed by atoms with Crippen molar-refractivity contribution < 1.29 is 4.79 Å². The summed E-state index contributed by atoms with van der Waals surface area (Å²) in [6.07, 6.45) is 4.46. The molecule has 0 saturated heterocycles. The van der Waals surface area contributed by atoms with Crippen LogP contribution in [0, 0.1) is 23.7 Å². The molecule has 21 heavy (non-hydrogen) atoms. The van der Waals surface area contributed by atoms with Crippen LogP contribution < -0.4 is 0 Å². The van der Waals surface area contributed by atoms with Gasteiger partial charge in [-0.1, -0.05) is 25.3 Å². The molecule has 0 spiro atoms. The quantitative estimate of drug-likeness (QED) is 0.853. The number of aromatic nitrogens is 1. The van der Waals surface area contributed by atoms with Crippen molar-refractivity contribution in [2.45, 2.75) is 52.5 Å². The van der Waals surface area contributed by atoms with E-state index in [1.54, 1.807) is 4.90 Å².